The van der Waals surface area contributed by atoms with Crippen molar-refractivity contribution in [3.63, 3.8) is 0 Å². The van der Waals surface area contributed by atoms with Crippen LogP contribution in [0.25, 0.3) is 0 Å². The van der Waals surface area contributed by atoms with Crippen molar-refractivity contribution >= 4 is 0 Å². The molecule has 7 nitrogen and oxygen atoms in total. The second kappa shape index (κ2) is 8.31. The highest BCUT2D eigenvalue weighted by molar-refractivity contribution is 5.41. The Kier molecular flexibility index (Phi) is 5.88. The molecule has 0 aliphatic carbocycles. The minimum Gasteiger partial charge on any atom is -0.497 e. The summed E-state index contributed by atoms with van der Waals surface area (Å²) in [5, 5.41) is 15.0. The van der Waals surface area contributed by atoms with Crippen LogP contribution in [0.4, 0.5) is 0 Å². The Morgan fingerprint density at radius 2 is 2.16 bits per heavy atom. The van der Waals surface area contributed by atoms with Crippen LogP contribution >= 0.6 is 0 Å². The largest absolute Gasteiger partial charge is 0.497 e. The van der Waals surface area contributed by atoms with Crippen molar-refractivity contribution in [2.45, 2.75) is 38.0 Å². The van der Waals surface area contributed by atoms with Crippen LogP contribution in [0.3, 0.4) is 0 Å². The number of benzene rings is 1. The second-order valence-electron chi connectivity index (χ2n) is 6.39. The van der Waals surface area contributed by atoms with Gasteiger partial charge in [-0.3, -0.25) is 9.58 Å². The summed E-state index contributed by atoms with van der Waals surface area (Å²) in [5.74, 6) is 1.39. The average Bonchev–Trinajstić information content (AvgIpc) is 3.15. The van der Waals surface area contributed by atoms with Crippen molar-refractivity contribution < 1.29 is 14.6 Å². The molecule has 1 fully saturated rings. The summed E-state index contributed by atoms with van der Waals surface area (Å²) in [4.78, 5) is 6.36. The van der Waals surface area contributed by atoms with Crippen molar-refractivity contribution in [2.75, 3.05) is 27.3 Å². The lowest BCUT2D eigenvalue weighted by Crippen LogP contribution is -2.44. The summed E-state index contributed by atoms with van der Waals surface area (Å²) in [6.45, 7) is 2.33. The molecule has 1 aromatic carbocycles. The first-order chi connectivity index (χ1) is 12.2. The number of aliphatic hydroxyl groups is 1. The average molecular weight is 346 g/mol. The standard InChI is InChI=1S/C18H26N4O3/c1-24-15-6-7-18(25-2)16(9-15)17(23)11-21-8-4-3-5-14(21)10-22-13-19-12-20-22/h6-7,9,12-14,17,23H,3-5,8,10-11H2,1-2H3/t14-,17-/m1/s1. The Labute approximate surface area is 148 Å². The SMILES string of the molecule is COc1ccc(OC)c([C@H](O)CN2CCCC[C@@H]2Cn2cncn2)c1. The van der Waals surface area contributed by atoms with E-state index in [1.54, 1.807) is 26.9 Å². The highest BCUT2D eigenvalue weighted by Crippen LogP contribution is 2.31. The van der Waals surface area contributed by atoms with Crippen molar-refractivity contribution in [3.05, 3.63) is 36.4 Å². The topological polar surface area (TPSA) is 72.6 Å². The number of aromatic nitrogens is 3. The van der Waals surface area contributed by atoms with E-state index < -0.39 is 6.10 Å². The first-order valence-electron chi connectivity index (χ1n) is 8.67. The van der Waals surface area contributed by atoms with Crippen LogP contribution in [0.15, 0.2) is 30.9 Å². The molecule has 0 bridgehead atoms. The molecule has 1 aliphatic rings. The number of rotatable bonds is 7. The number of β-amino-alcohol motifs (C(OH)–C–C–N with tert-alkyl or cyclic N) is 1. The Balaban J connectivity index is 1.72. The Morgan fingerprint density at radius 3 is 2.88 bits per heavy atom. The van der Waals surface area contributed by atoms with E-state index in [1.807, 2.05) is 22.9 Å². The number of nitrogens with zero attached hydrogens (tertiary/aromatic N) is 4. The number of hydrogen-bond acceptors (Lipinski definition) is 6. The quantitative estimate of drug-likeness (QED) is 0.825. The van der Waals surface area contributed by atoms with Gasteiger partial charge in [-0.2, -0.15) is 5.10 Å². The molecule has 25 heavy (non-hydrogen) atoms. The van der Waals surface area contributed by atoms with Crippen LogP contribution in [0.1, 0.15) is 30.9 Å². The van der Waals surface area contributed by atoms with Crippen LogP contribution in [0.5, 0.6) is 11.5 Å². The summed E-state index contributed by atoms with van der Waals surface area (Å²) in [7, 11) is 3.24. The summed E-state index contributed by atoms with van der Waals surface area (Å²) < 4.78 is 12.6. The lowest BCUT2D eigenvalue weighted by molar-refractivity contribution is 0.0578. The zero-order chi connectivity index (χ0) is 17.6. The molecule has 1 aromatic heterocycles. The maximum absolute atomic E-state index is 10.8. The van der Waals surface area contributed by atoms with Crippen LogP contribution < -0.4 is 9.47 Å². The lowest BCUT2D eigenvalue weighted by Gasteiger charge is -2.37. The van der Waals surface area contributed by atoms with E-state index in [0.29, 0.717) is 24.1 Å². The van der Waals surface area contributed by atoms with Gasteiger partial charge in [-0.05, 0) is 37.6 Å². The number of piperidine rings is 1. The van der Waals surface area contributed by atoms with Gasteiger partial charge in [0.05, 0.1) is 26.9 Å². The van der Waals surface area contributed by atoms with E-state index in [4.69, 9.17) is 9.47 Å². The van der Waals surface area contributed by atoms with Gasteiger partial charge in [0.25, 0.3) is 0 Å². The third kappa shape index (κ3) is 4.29. The van der Waals surface area contributed by atoms with Gasteiger partial charge in [0, 0.05) is 18.2 Å². The smallest absolute Gasteiger partial charge is 0.137 e. The zero-order valence-electron chi connectivity index (χ0n) is 14.8. The fraction of sp³-hybridized carbons (Fsp3) is 0.556. The first-order valence-corrected chi connectivity index (χ1v) is 8.67. The van der Waals surface area contributed by atoms with Gasteiger partial charge in [0.15, 0.2) is 0 Å². The molecule has 2 heterocycles. The summed E-state index contributed by atoms with van der Waals surface area (Å²) >= 11 is 0. The highest BCUT2D eigenvalue weighted by atomic mass is 16.5. The van der Waals surface area contributed by atoms with Gasteiger partial charge < -0.3 is 14.6 Å². The molecule has 2 atom stereocenters. The maximum atomic E-state index is 10.8. The monoisotopic (exact) mass is 346 g/mol. The van der Waals surface area contributed by atoms with Gasteiger partial charge in [0.2, 0.25) is 0 Å². The maximum Gasteiger partial charge on any atom is 0.137 e. The van der Waals surface area contributed by atoms with Gasteiger partial charge in [-0.1, -0.05) is 6.42 Å². The normalized spacial score (nSPS) is 19.6. The van der Waals surface area contributed by atoms with E-state index in [9.17, 15) is 5.11 Å². The van der Waals surface area contributed by atoms with Gasteiger partial charge in [-0.25, -0.2) is 4.98 Å². The molecule has 7 heteroatoms. The molecule has 1 aliphatic heterocycles. The minimum atomic E-state index is -0.638. The molecule has 1 N–H and O–H groups in total. The zero-order valence-corrected chi connectivity index (χ0v) is 14.8. The van der Waals surface area contributed by atoms with Crippen LogP contribution in [0.2, 0.25) is 0 Å². The molecule has 3 rings (SSSR count). The molecule has 0 spiro atoms. The molecular weight excluding hydrogens is 320 g/mol. The third-order valence-electron chi connectivity index (χ3n) is 4.82. The van der Waals surface area contributed by atoms with Crippen LogP contribution in [0, 0.1) is 0 Å². The summed E-state index contributed by atoms with van der Waals surface area (Å²) in [6.07, 6.45) is 6.12. The van der Waals surface area contributed by atoms with Gasteiger partial charge in [-0.15, -0.1) is 0 Å². The fourth-order valence-corrected chi connectivity index (χ4v) is 3.47. The Bertz CT molecular complexity index is 662. The second-order valence-corrected chi connectivity index (χ2v) is 6.39. The first kappa shape index (κ1) is 17.7. The molecule has 136 valence electrons. The Hall–Kier alpha value is -2.12. The molecule has 2 aromatic rings. The molecule has 1 saturated heterocycles. The number of aliphatic hydroxyl groups excluding tert-OH is 1. The number of ether oxygens (including phenoxy) is 2. The number of likely N-dealkylation sites (tertiary alicyclic amines) is 1. The number of methoxy groups -OCH3 is 2. The molecule has 0 unspecified atom stereocenters. The van der Waals surface area contributed by atoms with E-state index in [2.05, 4.69) is 15.0 Å². The molecule has 0 radical (unpaired) electrons. The van der Waals surface area contributed by atoms with Crippen LogP contribution in [-0.2, 0) is 6.54 Å². The van der Waals surface area contributed by atoms with Gasteiger partial charge in [0.1, 0.15) is 24.2 Å². The van der Waals surface area contributed by atoms with Crippen molar-refractivity contribution in [1.29, 1.82) is 0 Å². The minimum absolute atomic E-state index is 0.349. The van der Waals surface area contributed by atoms with Crippen molar-refractivity contribution in [2.24, 2.45) is 0 Å². The Morgan fingerprint density at radius 1 is 1.28 bits per heavy atom. The molecule has 0 saturated carbocycles. The van der Waals surface area contributed by atoms with Crippen molar-refractivity contribution in [3.8, 4) is 11.5 Å². The highest BCUT2D eigenvalue weighted by Gasteiger charge is 2.26. The lowest BCUT2D eigenvalue weighted by atomic mass is 10.00. The summed E-state index contributed by atoms with van der Waals surface area (Å²) in [6, 6.07) is 5.87. The van der Waals surface area contributed by atoms with Gasteiger partial charge >= 0.3 is 0 Å². The summed E-state index contributed by atoms with van der Waals surface area (Å²) in [5.41, 5.74) is 0.756. The van der Waals surface area contributed by atoms with E-state index >= 15 is 0 Å². The molecule has 0 amide bonds. The predicted molar refractivity (Wildman–Crippen MR) is 93.7 cm³/mol. The fourth-order valence-electron chi connectivity index (χ4n) is 3.47. The predicted octanol–water partition coefficient (Wildman–Crippen LogP) is 1.88. The number of hydrogen-bond donors (Lipinski definition) is 1. The van der Waals surface area contributed by atoms with E-state index in [1.165, 1.54) is 6.42 Å². The third-order valence-corrected chi connectivity index (χ3v) is 4.82. The molecular formula is C18H26N4O3. The van der Waals surface area contributed by atoms with E-state index in [-0.39, 0.29) is 0 Å². The van der Waals surface area contributed by atoms with Crippen molar-refractivity contribution in [1.82, 2.24) is 19.7 Å². The van der Waals surface area contributed by atoms with E-state index in [0.717, 1.165) is 31.5 Å². The van der Waals surface area contributed by atoms with Crippen LogP contribution in [-0.4, -0.2) is 58.1 Å².